The van der Waals surface area contributed by atoms with Gasteiger partial charge in [0.15, 0.2) is 11.6 Å². The molecule has 0 spiro atoms. The highest BCUT2D eigenvalue weighted by atomic mass is 19.2. The van der Waals surface area contributed by atoms with Crippen LogP contribution in [0.2, 0.25) is 0 Å². The van der Waals surface area contributed by atoms with Crippen molar-refractivity contribution >= 4 is 23.1 Å². The van der Waals surface area contributed by atoms with E-state index >= 15 is 0 Å². The van der Waals surface area contributed by atoms with Crippen LogP contribution in [-0.4, -0.2) is 23.6 Å². The average Bonchev–Trinajstić information content (AvgIpc) is 3.07. The molecule has 2 N–H and O–H groups in total. The minimum Gasteiger partial charge on any atom is -0.368 e. The third-order valence-corrected chi connectivity index (χ3v) is 3.45. The third-order valence-electron chi connectivity index (χ3n) is 3.45. The molecule has 1 saturated heterocycles. The van der Waals surface area contributed by atoms with E-state index in [0.717, 1.165) is 18.6 Å². The highest BCUT2D eigenvalue weighted by Gasteiger charge is 2.23. The predicted molar refractivity (Wildman–Crippen MR) is 81.5 cm³/mol. The van der Waals surface area contributed by atoms with Crippen molar-refractivity contribution in [2.75, 3.05) is 17.2 Å². The third kappa shape index (κ3) is 3.81. The number of halogens is 2. The van der Waals surface area contributed by atoms with E-state index in [1.807, 2.05) is 0 Å². The minimum absolute atomic E-state index is 0.212. The van der Waals surface area contributed by atoms with Crippen LogP contribution in [0.15, 0.2) is 36.5 Å². The number of nitrogens with one attached hydrogen (secondary N) is 2. The predicted octanol–water partition coefficient (Wildman–Crippen LogP) is 3.22. The van der Waals surface area contributed by atoms with Crippen LogP contribution in [0.5, 0.6) is 0 Å². The number of hydrogen-bond donors (Lipinski definition) is 2. The number of carbonyl (C=O) groups excluding carboxylic acids is 1. The summed E-state index contributed by atoms with van der Waals surface area (Å²) in [5, 5.41) is 5.58. The first-order valence-electron chi connectivity index (χ1n) is 7.22. The normalized spacial score (nSPS) is 17.0. The second-order valence-electron chi connectivity index (χ2n) is 5.18. The molecule has 1 aromatic carbocycles. The Balaban J connectivity index is 1.62. The SMILES string of the molecule is O=C(Nc1ccc(Nc2ccc(F)c(F)c2)cn1)C1CCCO1. The Morgan fingerprint density at radius 1 is 1.17 bits per heavy atom. The molecule has 1 unspecified atom stereocenters. The summed E-state index contributed by atoms with van der Waals surface area (Å²) in [6.07, 6.45) is 2.66. The highest BCUT2D eigenvalue weighted by Crippen LogP contribution is 2.20. The van der Waals surface area contributed by atoms with Crippen LogP contribution >= 0.6 is 0 Å². The average molecular weight is 319 g/mol. The maximum absolute atomic E-state index is 13.1. The lowest BCUT2D eigenvalue weighted by Gasteiger charge is -2.11. The van der Waals surface area contributed by atoms with Crippen molar-refractivity contribution in [2.45, 2.75) is 18.9 Å². The van der Waals surface area contributed by atoms with Gasteiger partial charge in [0, 0.05) is 18.4 Å². The summed E-state index contributed by atoms with van der Waals surface area (Å²) in [7, 11) is 0. The van der Waals surface area contributed by atoms with Crippen molar-refractivity contribution in [3.8, 4) is 0 Å². The Morgan fingerprint density at radius 2 is 2.00 bits per heavy atom. The number of pyridine rings is 1. The molecule has 3 rings (SSSR count). The molecule has 1 aliphatic heterocycles. The summed E-state index contributed by atoms with van der Waals surface area (Å²) in [5.74, 6) is -1.64. The molecule has 2 heterocycles. The summed E-state index contributed by atoms with van der Waals surface area (Å²) >= 11 is 0. The molecule has 1 fully saturated rings. The van der Waals surface area contributed by atoms with Crippen molar-refractivity contribution in [2.24, 2.45) is 0 Å². The van der Waals surface area contributed by atoms with Gasteiger partial charge in [0.05, 0.1) is 11.9 Å². The first kappa shape index (κ1) is 15.4. The molecule has 1 amide bonds. The van der Waals surface area contributed by atoms with Crippen LogP contribution in [0, 0.1) is 11.6 Å². The van der Waals surface area contributed by atoms with Crippen molar-refractivity contribution in [1.29, 1.82) is 0 Å². The maximum atomic E-state index is 13.1. The van der Waals surface area contributed by atoms with Crippen LogP contribution in [0.1, 0.15) is 12.8 Å². The Labute approximate surface area is 131 Å². The zero-order valence-electron chi connectivity index (χ0n) is 12.2. The molecule has 1 aromatic heterocycles. The smallest absolute Gasteiger partial charge is 0.254 e. The largest absolute Gasteiger partial charge is 0.368 e. The lowest BCUT2D eigenvalue weighted by atomic mass is 10.2. The van der Waals surface area contributed by atoms with E-state index in [9.17, 15) is 13.6 Å². The van der Waals surface area contributed by atoms with Gasteiger partial charge < -0.3 is 15.4 Å². The zero-order valence-corrected chi connectivity index (χ0v) is 12.2. The summed E-state index contributed by atoms with van der Waals surface area (Å²) in [5.41, 5.74) is 0.993. The van der Waals surface area contributed by atoms with Gasteiger partial charge in [-0.15, -0.1) is 0 Å². The van der Waals surface area contributed by atoms with Crippen LogP contribution < -0.4 is 10.6 Å². The highest BCUT2D eigenvalue weighted by molar-refractivity contribution is 5.93. The molecular formula is C16H15F2N3O2. The van der Waals surface area contributed by atoms with Crippen molar-refractivity contribution in [3.63, 3.8) is 0 Å². The quantitative estimate of drug-likeness (QED) is 0.908. The van der Waals surface area contributed by atoms with E-state index in [1.54, 1.807) is 12.1 Å². The molecule has 0 aliphatic carbocycles. The Kier molecular flexibility index (Phi) is 4.47. The summed E-state index contributed by atoms with van der Waals surface area (Å²) < 4.78 is 31.3. The topological polar surface area (TPSA) is 63.2 Å². The number of rotatable bonds is 4. The van der Waals surface area contributed by atoms with Gasteiger partial charge in [-0.25, -0.2) is 13.8 Å². The van der Waals surface area contributed by atoms with Gasteiger partial charge in [-0.05, 0) is 37.1 Å². The van der Waals surface area contributed by atoms with Crippen LogP contribution in [0.4, 0.5) is 26.0 Å². The van der Waals surface area contributed by atoms with Crippen molar-refractivity contribution in [1.82, 2.24) is 4.98 Å². The Morgan fingerprint density at radius 3 is 2.65 bits per heavy atom. The fourth-order valence-electron chi connectivity index (χ4n) is 2.27. The fourth-order valence-corrected chi connectivity index (χ4v) is 2.27. The number of carbonyl (C=O) groups is 1. The molecule has 1 atom stereocenters. The van der Waals surface area contributed by atoms with E-state index in [1.165, 1.54) is 12.3 Å². The van der Waals surface area contributed by atoms with E-state index in [4.69, 9.17) is 4.74 Å². The van der Waals surface area contributed by atoms with E-state index < -0.39 is 17.7 Å². The molecule has 0 saturated carbocycles. The van der Waals surface area contributed by atoms with Crippen molar-refractivity contribution < 1.29 is 18.3 Å². The lowest BCUT2D eigenvalue weighted by molar-refractivity contribution is -0.124. The second-order valence-corrected chi connectivity index (χ2v) is 5.18. The number of benzene rings is 1. The van der Waals surface area contributed by atoms with Crippen molar-refractivity contribution in [3.05, 3.63) is 48.2 Å². The van der Waals surface area contributed by atoms with Crippen LogP contribution in [0.3, 0.4) is 0 Å². The Bertz CT molecular complexity index is 701. The molecule has 23 heavy (non-hydrogen) atoms. The number of anilines is 3. The monoisotopic (exact) mass is 319 g/mol. The van der Waals surface area contributed by atoms with E-state index in [0.29, 0.717) is 30.2 Å². The number of aromatic nitrogens is 1. The first-order chi connectivity index (χ1) is 11.1. The number of hydrogen-bond acceptors (Lipinski definition) is 4. The number of amides is 1. The summed E-state index contributed by atoms with van der Waals surface area (Å²) in [4.78, 5) is 16.0. The van der Waals surface area contributed by atoms with Gasteiger partial charge in [-0.2, -0.15) is 0 Å². The molecule has 0 bridgehead atoms. The number of nitrogens with zero attached hydrogens (tertiary/aromatic N) is 1. The van der Waals surface area contributed by atoms with Gasteiger partial charge in [0.1, 0.15) is 11.9 Å². The standard InChI is InChI=1S/C16H15F2N3O2/c17-12-5-3-10(8-13(12)18)20-11-4-6-15(19-9-11)21-16(22)14-2-1-7-23-14/h3-6,8-9,14,20H,1-2,7H2,(H,19,21,22). The Hall–Kier alpha value is -2.54. The van der Waals surface area contributed by atoms with Gasteiger partial charge in [0.2, 0.25) is 0 Å². The van der Waals surface area contributed by atoms with Crippen LogP contribution in [-0.2, 0) is 9.53 Å². The fraction of sp³-hybridized carbons (Fsp3) is 0.250. The van der Waals surface area contributed by atoms with E-state index in [-0.39, 0.29) is 5.91 Å². The van der Waals surface area contributed by atoms with Gasteiger partial charge in [-0.3, -0.25) is 4.79 Å². The molecule has 7 heteroatoms. The summed E-state index contributed by atoms with van der Waals surface area (Å²) in [6.45, 7) is 0.600. The molecule has 2 aromatic rings. The maximum Gasteiger partial charge on any atom is 0.254 e. The molecular weight excluding hydrogens is 304 g/mol. The van der Waals surface area contributed by atoms with Gasteiger partial charge in [-0.1, -0.05) is 0 Å². The molecule has 5 nitrogen and oxygen atoms in total. The second kappa shape index (κ2) is 6.70. The number of ether oxygens (including phenoxy) is 1. The zero-order chi connectivity index (χ0) is 16.2. The van der Waals surface area contributed by atoms with Gasteiger partial charge >= 0.3 is 0 Å². The summed E-state index contributed by atoms with van der Waals surface area (Å²) in [6, 6.07) is 6.82. The molecule has 120 valence electrons. The minimum atomic E-state index is -0.927. The van der Waals surface area contributed by atoms with Gasteiger partial charge in [0.25, 0.3) is 5.91 Å². The first-order valence-corrected chi connectivity index (χ1v) is 7.22. The van der Waals surface area contributed by atoms with E-state index in [2.05, 4.69) is 15.6 Å². The molecule has 0 radical (unpaired) electrons. The lowest BCUT2D eigenvalue weighted by Crippen LogP contribution is -2.27. The van der Waals surface area contributed by atoms with Crippen LogP contribution in [0.25, 0.3) is 0 Å². The molecule has 1 aliphatic rings.